The van der Waals surface area contributed by atoms with Crippen molar-refractivity contribution in [2.45, 2.75) is 6.42 Å². The van der Waals surface area contributed by atoms with E-state index in [-0.39, 0.29) is 6.42 Å². The van der Waals surface area contributed by atoms with Crippen molar-refractivity contribution in [1.82, 2.24) is 4.98 Å². The van der Waals surface area contributed by atoms with Crippen molar-refractivity contribution in [2.75, 3.05) is 0 Å². The number of nitriles is 1. The van der Waals surface area contributed by atoms with Crippen LogP contribution in [0.4, 0.5) is 0 Å². The van der Waals surface area contributed by atoms with Gasteiger partial charge in [0.05, 0.1) is 18.2 Å². The van der Waals surface area contributed by atoms with Crippen molar-refractivity contribution in [1.29, 1.82) is 5.26 Å². The maximum atomic E-state index is 8.81. The lowest BCUT2D eigenvalue weighted by atomic mass is 10.0. The highest BCUT2D eigenvalue weighted by atomic mass is 35.5. The van der Waals surface area contributed by atoms with Gasteiger partial charge in [0.2, 0.25) is 0 Å². The first kappa shape index (κ1) is 13.2. The van der Waals surface area contributed by atoms with E-state index in [9.17, 15) is 0 Å². The van der Waals surface area contributed by atoms with E-state index < -0.39 is 0 Å². The van der Waals surface area contributed by atoms with Gasteiger partial charge in [-0.15, -0.1) is 0 Å². The first-order valence-electron chi connectivity index (χ1n) is 5.09. The maximum absolute atomic E-state index is 8.81. The number of hydrogen-bond donors (Lipinski definition) is 0. The zero-order valence-corrected chi connectivity index (χ0v) is 11.4. The summed E-state index contributed by atoms with van der Waals surface area (Å²) in [6.07, 6.45) is 0.181. The lowest BCUT2D eigenvalue weighted by Crippen LogP contribution is -1.93. The van der Waals surface area contributed by atoms with Gasteiger partial charge >= 0.3 is 0 Å². The second-order valence-electron chi connectivity index (χ2n) is 3.62. The Bertz CT molecular complexity index is 612. The van der Waals surface area contributed by atoms with E-state index in [2.05, 4.69) is 11.1 Å². The van der Waals surface area contributed by atoms with Crippen LogP contribution in [0.15, 0.2) is 30.3 Å². The molecule has 0 radical (unpaired) electrons. The molecule has 0 saturated carbocycles. The minimum absolute atomic E-state index is 0.181. The van der Waals surface area contributed by atoms with Crippen LogP contribution < -0.4 is 0 Å². The van der Waals surface area contributed by atoms with E-state index in [1.54, 1.807) is 24.3 Å². The minimum Gasteiger partial charge on any atom is -0.239 e. The van der Waals surface area contributed by atoms with Crippen molar-refractivity contribution in [3.63, 3.8) is 0 Å². The van der Waals surface area contributed by atoms with Crippen LogP contribution in [0.5, 0.6) is 0 Å². The van der Waals surface area contributed by atoms with Crippen LogP contribution in [-0.2, 0) is 6.42 Å². The van der Waals surface area contributed by atoms with Crippen LogP contribution in [0.2, 0.25) is 15.2 Å². The van der Waals surface area contributed by atoms with E-state index in [0.29, 0.717) is 20.9 Å². The molecule has 0 saturated heterocycles. The van der Waals surface area contributed by atoms with Gasteiger partial charge in [0.15, 0.2) is 0 Å². The summed E-state index contributed by atoms with van der Waals surface area (Å²) < 4.78 is 0. The molecule has 0 fully saturated rings. The number of benzene rings is 1. The molecule has 0 unspecified atom stereocenters. The van der Waals surface area contributed by atoms with Gasteiger partial charge in [0.1, 0.15) is 5.15 Å². The minimum atomic E-state index is 0.181. The summed E-state index contributed by atoms with van der Waals surface area (Å²) in [5.41, 5.74) is 2.25. The summed E-state index contributed by atoms with van der Waals surface area (Å²) in [7, 11) is 0. The highest BCUT2D eigenvalue weighted by molar-refractivity contribution is 6.35. The number of halogens is 3. The number of rotatable bonds is 2. The summed E-state index contributed by atoms with van der Waals surface area (Å²) in [5.74, 6) is 0. The Balaban J connectivity index is 2.59. The molecule has 90 valence electrons. The molecule has 5 heteroatoms. The van der Waals surface area contributed by atoms with Gasteiger partial charge in [0.25, 0.3) is 0 Å². The topological polar surface area (TPSA) is 36.7 Å². The van der Waals surface area contributed by atoms with Crippen molar-refractivity contribution in [3.05, 3.63) is 51.2 Å². The Morgan fingerprint density at radius 1 is 1.06 bits per heavy atom. The van der Waals surface area contributed by atoms with E-state index >= 15 is 0 Å². The standard InChI is InChI=1S/C13H7Cl3N2/c14-9-5-8(6-10(15)7-9)11-1-2-13(16)18-12(11)3-4-17/h1-2,5-7H,3H2. The Morgan fingerprint density at radius 2 is 1.72 bits per heavy atom. The molecule has 0 aliphatic rings. The SMILES string of the molecule is N#CCc1nc(Cl)ccc1-c1cc(Cl)cc(Cl)c1. The average Bonchev–Trinajstić information content (AvgIpc) is 2.28. The summed E-state index contributed by atoms with van der Waals surface area (Å²) in [5, 5.41) is 10.2. The maximum Gasteiger partial charge on any atom is 0.129 e. The van der Waals surface area contributed by atoms with Crippen LogP contribution in [0.3, 0.4) is 0 Å². The van der Waals surface area contributed by atoms with Crippen LogP contribution in [-0.4, -0.2) is 4.98 Å². The molecule has 18 heavy (non-hydrogen) atoms. The first-order chi connectivity index (χ1) is 8.60. The van der Waals surface area contributed by atoms with Gasteiger partial charge in [-0.1, -0.05) is 34.8 Å². The molecule has 0 spiro atoms. The van der Waals surface area contributed by atoms with E-state index in [1.165, 1.54) is 0 Å². The normalized spacial score (nSPS) is 10.1. The number of nitrogens with zero attached hydrogens (tertiary/aromatic N) is 2. The lowest BCUT2D eigenvalue weighted by Gasteiger charge is -2.08. The molecule has 1 aromatic heterocycles. The molecule has 0 N–H and O–H groups in total. The van der Waals surface area contributed by atoms with Gasteiger partial charge in [0, 0.05) is 15.6 Å². The third kappa shape index (κ3) is 2.94. The molecular formula is C13H7Cl3N2. The first-order valence-corrected chi connectivity index (χ1v) is 6.22. The predicted octanol–water partition coefficient (Wildman–Crippen LogP) is 4.77. The second-order valence-corrected chi connectivity index (χ2v) is 4.88. The van der Waals surface area contributed by atoms with Crippen LogP contribution in [0.1, 0.15) is 5.69 Å². The Hall–Kier alpha value is -1.27. The number of hydrogen-bond acceptors (Lipinski definition) is 2. The summed E-state index contributed by atoms with van der Waals surface area (Å²) >= 11 is 17.8. The zero-order chi connectivity index (χ0) is 13.1. The molecule has 2 aromatic rings. The number of aromatic nitrogens is 1. The predicted molar refractivity (Wildman–Crippen MR) is 74.0 cm³/mol. The van der Waals surface area contributed by atoms with Crippen molar-refractivity contribution < 1.29 is 0 Å². The van der Waals surface area contributed by atoms with Gasteiger partial charge in [-0.2, -0.15) is 5.26 Å². The zero-order valence-electron chi connectivity index (χ0n) is 9.12. The summed E-state index contributed by atoms with van der Waals surface area (Å²) in [6.45, 7) is 0. The molecule has 0 atom stereocenters. The fourth-order valence-corrected chi connectivity index (χ4v) is 2.35. The largest absolute Gasteiger partial charge is 0.239 e. The molecule has 0 aliphatic heterocycles. The van der Waals surface area contributed by atoms with Crippen molar-refractivity contribution in [3.8, 4) is 17.2 Å². The third-order valence-electron chi connectivity index (χ3n) is 2.36. The Labute approximate surface area is 120 Å². The van der Waals surface area contributed by atoms with Crippen molar-refractivity contribution >= 4 is 34.8 Å². The van der Waals surface area contributed by atoms with Crippen molar-refractivity contribution in [2.24, 2.45) is 0 Å². The van der Waals surface area contributed by atoms with Gasteiger partial charge in [-0.3, -0.25) is 0 Å². The smallest absolute Gasteiger partial charge is 0.129 e. The quantitative estimate of drug-likeness (QED) is 0.748. The molecule has 0 aliphatic carbocycles. The van der Waals surface area contributed by atoms with Crippen LogP contribution in [0, 0.1) is 11.3 Å². The van der Waals surface area contributed by atoms with E-state index in [4.69, 9.17) is 40.1 Å². The molecule has 2 nitrogen and oxygen atoms in total. The van der Waals surface area contributed by atoms with E-state index in [0.717, 1.165) is 11.1 Å². The Morgan fingerprint density at radius 3 is 2.33 bits per heavy atom. The van der Waals surface area contributed by atoms with E-state index in [1.807, 2.05) is 6.07 Å². The highest BCUT2D eigenvalue weighted by Gasteiger charge is 2.09. The molecule has 1 aromatic carbocycles. The van der Waals surface area contributed by atoms with Gasteiger partial charge in [-0.25, -0.2) is 4.98 Å². The van der Waals surface area contributed by atoms with Crippen LogP contribution in [0.25, 0.3) is 11.1 Å². The summed E-state index contributed by atoms with van der Waals surface area (Å²) in [6, 6.07) is 10.8. The third-order valence-corrected chi connectivity index (χ3v) is 3.01. The summed E-state index contributed by atoms with van der Waals surface area (Å²) in [4.78, 5) is 4.16. The Kier molecular flexibility index (Phi) is 4.08. The van der Waals surface area contributed by atoms with Gasteiger partial charge < -0.3 is 0 Å². The second kappa shape index (κ2) is 5.58. The molecule has 0 amide bonds. The number of pyridine rings is 1. The molecule has 1 heterocycles. The van der Waals surface area contributed by atoms with Crippen LogP contribution >= 0.6 is 34.8 Å². The lowest BCUT2D eigenvalue weighted by molar-refractivity contribution is 1.12. The fourth-order valence-electron chi connectivity index (χ4n) is 1.66. The highest BCUT2D eigenvalue weighted by Crippen LogP contribution is 2.29. The molecule has 0 bridgehead atoms. The monoisotopic (exact) mass is 296 g/mol. The van der Waals surface area contributed by atoms with Gasteiger partial charge in [-0.05, 0) is 35.9 Å². The average molecular weight is 298 g/mol. The fraction of sp³-hybridized carbons (Fsp3) is 0.0769. The molecular weight excluding hydrogens is 291 g/mol. The molecule has 2 rings (SSSR count).